The van der Waals surface area contributed by atoms with E-state index in [1.807, 2.05) is 26.0 Å². The second-order valence-electron chi connectivity index (χ2n) is 5.65. The van der Waals surface area contributed by atoms with E-state index in [4.69, 9.17) is 0 Å². The Balaban J connectivity index is 1.85. The fourth-order valence-corrected chi connectivity index (χ4v) is 4.14. The molecule has 0 radical (unpaired) electrons. The molecule has 6 heteroatoms. The van der Waals surface area contributed by atoms with Gasteiger partial charge in [-0.15, -0.1) is 0 Å². The molecule has 0 N–H and O–H groups in total. The Labute approximate surface area is 142 Å². The van der Waals surface area contributed by atoms with Crippen molar-refractivity contribution in [3.63, 3.8) is 0 Å². The first-order chi connectivity index (χ1) is 11.5. The zero-order chi connectivity index (χ0) is 17.2. The molecule has 0 atom stereocenters. The molecule has 126 valence electrons. The highest BCUT2D eigenvalue weighted by atomic mass is 32.2. The average molecular weight is 343 g/mol. The lowest BCUT2D eigenvalue weighted by molar-refractivity contribution is 0.438. The van der Waals surface area contributed by atoms with E-state index in [1.165, 1.54) is 25.4 Å². The van der Waals surface area contributed by atoms with Gasteiger partial charge in [-0.3, -0.25) is 0 Å². The van der Waals surface area contributed by atoms with Gasteiger partial charge in [0.05, 0.1) is 5.69 Å². The molecule has 0 aliphatic rings. The van der Waals surface area contributed by atoms with Gasteiger partial charge in [0.25, 0.3) is 0 Å². The normalized spacial score (nSPS) is 12.1. The van der Waals surface area contributed by atoms with Gasteiger partial charge in [0.2, 0.25) is 0 Å². The number of rotatable bonds is 6. The molecule has 0 aliphatic carbocycles. The Kier molecular flexibility index (Phi) is 4.69. The van der Waals surface area contributed by atoms with Crippen molar-refractivity contribution in [1.82, 2.24) is 13.3 Å². The quantitative estimate of drug-likeness (QED) is 0.691. The fraction of sp³-hybridized carbons (Fsp3) is 0.278. The first-order valence-electron chi connectivity index (χ1n) is 8.05. The summed E-state index contributed by atoms with van der Waals surface area (Å²) in [6.07, 6.45) is 3.58. The zero-order valence-corrected chi connectivity index (χ0v) is 14.7. The van der Waals surface area contributed by atoms with Crippen LogP contribution in [0.4, 0.5) is 0 Å². The predicted octanol–water partition coefficient (Wildman–Crippen LogP) is 3.06. The molecule has 1 heterocycles. The molecular formula is C18H21N3O2S. The van der Waals surface area contributed by atoms with Gasteiger partial charge in [0.15, 0.2) is 0 Å². The molecular weight excluding hydrogens is 322 g/mol. The molecule has 1 aromatic heterocycles. The monoisotopic (exact) mass is 343 g/mol. The summed E-state index contributed by atoms with van der Waals surface area (Å²) >= 11 is 0. The van der Waals surface area contributed by atoms with Crippen molar-refractivity contribution in [2.24, 2.45) is 0 Å². The molecule has 0 unspecified atom stereocenters. The van der Waals surface area contributed by atoms with Crippen molar-refractivity contribution in [3.8, 4) is 0 Å². The van der Waals surface area contributed by atoms with Crippen LogP contribution in [0, 0.1) is 0 Å². The van der Waals surface area contributed by atoms with E-state index in [2.05, 4.69) is 35.3 Å². The summed E-state index contributed by atoms with van der Waals surface area (Å²) in [5.41, 5.74) is 1.85. The van der Waals surface area contributed by atoms with Gasteiger partial charge in [0, 0.05) is 25.7 Å². The minimum Gasteiger partial charge on any atom is -0.240 e. The van der Waals surface area contributed by atoms with Crippen molar-refractivity contribution in [1.29, 1.82) is 0 Å². The number of benzene rings is 2. The highest BCUT2D eigenvalue weighted by Gasteiger charge is 2.21. The summed E-state index contributed by atoms with van der Waals surface area (Å²) in [6, 6.07) is 14.4. The number of hydrogen-bond donors (Lipinski definition) is 0. The minimum atomic E-state index is -3.52. The SMILES string of the molecule is CCN(CC)S(=O)(=O)n1cnc(Cc2ccc3ccccc3c2)c1. The average Bonchev–Trinajstić information content (AvgIpc) is 3.05. The Bertz CT molecular complexity index is 944. The predicted molar refractivity (Wildman–Crippen MR) is 96.2 cm³/mol. The maximum atomic E-state index is 12.5. The molecule has 3 aromatic rings. The van der Waals surface area contributed by atoms with Crippen LogP contribution in [0.5, 0.6) is 0 Å². The number of nitrogens with zero attached hydrogens (tertiary/aromatic N) is 3. The van der Waals surface area contributed by atoms with Crippen LogP contribution in [-0.4, -0.2) is 34.8 Å². The van der Waals surface area contributed by atoms with Crippen LogP contribution in [-0.2, 0) is 16.6 Å². The van der Waals surface area contributed by atoms with Gasteiger partial charge < -0.3 is 0 Å². The van der Waals surface area contributed by atoms with E-state index in [-0.39, 0.29) is 0 Å². The highest BCUT2D eigenvalue weighted by Crippen LogP contribution is 2.18. The molecule has 0 bridgehead atoms. The summed E-state index contributed by atoms with van der Waals surface area (Å²) < 4.78 is 27.6. The van der Waals surface area contributed by atoms with Gasteiger partial charge in [-0.2, -0.15) is 12.7 Å². The summed E-state index contributed by atoms with van der Waals surface area (Å²) in [4.78, 5) is 4.27. The third-order valence-corrected chi connectivity index (χ3v) is 6.01. The van der Waals surface area contributed by atoms with Gasteiger partial charge in [-0.1, -0.05) is 56.3 Å². The zero-order valence-electron chi connectivity index (χ0n) is 13.9. The van der Waals surface area contributed by atoms with Crippen LogP contribution in [0.15, 0.2) is 55.0 Å². The van der Waals surface area contributed by atoms with E-state index < -0.39 is 10.2 Å². The van der Waals surface area contributed by atoms with Crippen LogP contribution < -0.4 is 0 Å². The lowest BCUT2D eigenvalue weighted by atomic mass is 10.0. The van der Waals surface area contributed by atoms with Crippen LogP contribution in [0.1, 0.15) is 25.1 Å². The second kappa shape index (κ2) is 6.75. The van der Waals surface area contributed by atoms with Gasteiger partial charge in [-0.25, -0.2) is 8.96 Å². The Hall–Kier alpha value is -2.18. The van der Waals surface area contributed by atoms with Crippen molar-refractivity contribution in [3.05, 3.63) is 66.2 Å². The van der Waals surface area contributed by atoms with E-state index in [0.717, 1.165) is 11.3 Å². The second-order valence-corrected chi connectivity index (χ2v) is 7.48. The van der Waals surface area contributed by atoms with E-state index in [9.17, 15) is 8.42 Å². The summed E-state index contributed by atoms with van der Waals surface area (Å²) in [5.74, 6) is 0. The van der Waals surface area contributed by atoms with Crippen molar-refractivity contribution < 1.29 is 8.42 Å². The molecule has 0 fully saturated rings. The lowest BCUT2D eigenvalue weighted by Gasteiger charge is -2.18. The maximum Gasteiger partial charge on any atom is 0.308 e. The fourth-order valence-electron chi connectivity index (χ4n) is 2.80. The summed E-state index contributed by atoms with van der Waals surface area (Å²) in [7, 11) is -3.52. The molecule has 3 rings (SSSR count). The van der Waals surface area contributed by atoms with Gasteiger partial charge in [-0.05, 0) is 16.3 Å². The third kappa shape index (κ3) is 3.20. The van der Waals surface area contributed by atoms with Gasteiger partial charge >= 0.3 is 10.2 Å². The Morgan fingerprint density at radius 1 is 1.04 bits per heavy atom. The molecule has 0 amide bonds. The number of imidazole rings is 1. The maximum absolute atomic E-state index is 12.5. The van der Waals surface area contributed by atoms with E-state index >= 15 is 0 Å². The largest absolute Gasteiger partial charge is 0.308 e. The molecule has 0 saturated heterocycles. The smallest absolute Gasteiger partial charge is 0.240 e. The lowest BCUT2D eigenvalue weighted by Crippen LogP contribution is -2.34. The topological polar surface area (TPSA) is 55.2 Å². The minimum absolute atomic E-state index is 0.441. The standard InChI is InChI=1S/C18H21N3O2S/c1-3-20(4-2)24(22,23)21-13-18(19-14-21)12-15-9-10-16-7-5-6-8-17(16)11-15/h5-11,13-14H,3-4,12H2,1-2H3. The number of hydrogen-bond acceptors (Lipinski definition) is 3. The summed E-state index contributed by atoms with van der Waals surface area (Å²) in [5, 5.41) is 2.36. The number of aromatic nitrogens is 2. The van der Waals surface area contributed by atoms with E-state index in [0.29, 0.717) is 19.5 Å². The molecule has 0 aliphatic heterocycles. The molecule has 5 nitrogen and oxygen atoms in total. The highest BCUT2D eigenvalue weighted by molar-refractivity contribution is 7.87. The molecule has 2 aromatic carbocycles. The van der Waals surface area contributed by atoms with Crippen molar-refractivity contribution in [2.45, 2.75) is 20.3 Å². The molecule has 0 spiro atoms. The van der Waals surface area contributed by atoms with Crippen LogP contribution in [0.2, 0.25) is 0 Å². The first kappa shape index (κ1) is 16.7. The van der Waals surface area contributed by atoms with Crippen LogP contribution >= 0.6 is 0 Å². The molecule has 24 heavy (non-hydrogen) atoms. The van der Waals surface area contributed by atoms with Crippen molar-refractivity contribution >= 4 is 21.0 Å². The first-order valence-corrected chi connectivity index (χ1v) is 9.45. The van der Waals surface area contributed by atoms with Crippen LogP contribution in [0.25, 0.3) is 10.8 Å². The number of fused-ring (bicyclic) bond motifs is 1. The van der Waals surface area contributed by atoms with Crippen molar-refractivity contribution in [2.75, 3.05) is 13.1 Å². The molecule has 0 saturated carbocycles. The van der Waals surface area contributed by atoms with Gasteiger partial charge in [0.1, 0.15) is 6.33 Å². The van der Waals surface area contributed by atoms with E-state index in [1.54, 1.807) is 6.20 Å². The summed E-state index contributed by atoms with van der Waals surface area (Å²) in [6.45, 7) is 4.54. The Morgan fingerprint density at radius 2 is 1.75 bits per heavy atom. The third-order valence-electron chi connectivity index (χ3n) is 4.11. The Morgan fingerprint density at radius 3 is 2.46 bits per heavy atom. The van der Waals surface area contributed by atoms with Crippen LogP contribution in [0.3, 0.4) is 0 Å².